The van der Waals surface area contributed by atoms with E-state index in [0.29, 0.717) is 32.7 Å². The Balaban J connectivity index is 2.13. The van der Waals surface area contributed by atoms with E-state index in [1.54, 1.807) is 31.2 Å². The van der Waals surface area contributed by atoms with Crippen LogP contribution in [0.1, 0.15) is 41.9 Å². The Labute approximate surface area is 173 Å². The van der Waals surface area contributed by atoms with Gasteiger partial charge in [-0.25, -0.2) is 4.39 Å². The maximum atomic E-state index is 14.1. The maximum absolute atomic E-state index is 14.1. The molecule has 0 radical (unpaired) electrons. The number of benzene rings is 2. The van der Waals surface area contributed by atoms with E-state index in [9.17, 15) is 19.1 Å². The highest BCUT2D eigenvalue weighted by atomic mass is 35.5. The molecular formula is C22H22ClFN2O3. The molecule has 1 atom stereocenters. The molecule has 2 N–H and O–H groups in total. The van der Waals surface area contributed by atoms with Gasteiger partial charge in [0.2, 0.25) is 5.91 Å². The zero-order valence-corrected chi connectivity index (χ0v) is 17.2. The summed E-state index contributed by atoms with van der Waals surface area (Å²) >= 11 is 5.90. The number of halogens is 2. The zero-order valence-electron chi connectivity index (χ0n) is 16.4. The van der Waals surface area contributed by atoms with Gasteiger partial charge in [-0.1, -0.05) is 18.5 Å². The molecule has 0 aliphatic carbocycles. The van der Waals surface area contributed by atoms with Crippen molar-refractivity contribution in [3.8, 4) is 5.75 Å². The fraction of sp³-hybridized carbons (Fsp3) is 0.273. The van der Waals surface area contributed by atoms with Crippen LogP contribution in [0.25, 0.3) is 10.9 Å². The molecule has 0 aliphatic rings. The van der Waals surface area contributed by atoms with E-state index in [4.69, 9.17) is 11.6 Å². The predicted molar refractivity (Wildman–Crippen MR) is 111 cm³/mol. The lowest BCUT2D eigenvalue weighted by Gasteiger charge is -2.11. The minimum Gasteiger partial charge on any atom is -0.505 e. The van der Waals surface area contributed by atoms with Crippen LogP contribution in [0, 0.1) is 12.7 Å². The Morgan fingerprint density at radius 3 is 2.52 bits per heavy atom. The van der Waals surface area contributed by atoms with Crippen LogP contribution in [0.2, 0.25) is 5.02 Å². The van der Waals surface area contributed by atoms with Crippen molar-refractivity contribution in [2.24, 2.45) is 0 Å². The van der Waals surface area contributed by atoms with Crippen LogP contribution < -0.4 is 5.32 Å². The topological polar surface area (TPSA) is 71.3 Å². The molecule has 152 valence electrons. The summed E-state index contributed by atoms with van der Waals surface area (Å²) in [4.78, 5) is 25.6. The second kappa shape index (κ2) is 8.25. The van der Waals surface area contributed by atoms with E-state index < -0.39 is 11.6 Å². The summed E-state index contributed by atoms with van der Waals surface area (Å²) < 4.78 is 15.5. The average molecular weight is 417 g/mol. The van der Waals surface area contributed by atoms with Gasteiger partial charge in [0, 0.05) is 33.8 Å². The largest absolute Gasteiger partial charge is 0.505 e. The average Bonchev–Trinajstić information content (AvgIpc) is 2.93. The number of phenols is 1. The molecule has 0 unspecified atom stereocenters. The van der Waals surface area contributed by atoms with Gasteiger partial charge in [0.25, 0.3) is 5.91 Å². The fourth-order valence-corrected chi connectivity index (χ4v) is 3.41. The van der Waals surface area contributed by atoms with Crippen LogP contribution in [-0.2, 0) is 11.2 Å². The van der Waals surface area contributed by atoms with Crippen molar-refractivity contribution in [3.05, 3.63) is 64.1 Å². The van der Waals surface area contributed by atoms with Gasteiger partial charge >= 0.3 is 0 Å². The van der Waals surface area contributed by atoms with E-state index in [-0.39, 0.29) is 24.3 Å². The first kappa shape index (κ1) is 20.9. The summed E-state index contributed by atoms with van der Waals surface area (Å²) in [7, 11) is 0. The summed E-state index contributed by atoms with van der Waals surface area (Å²) in [5, 5.41) is 13.7. The van der Waals surface area contributed by atoms with Crippen molar-refractivity contribution in [1.82, 2.24) is 9.88 Å². The molecule has 3 aromatic rings. The summed E-state index contributed by atoms with van der Waals surface area (Å²) in [5.74, 6) is -1.94. The van der Waals surface area contributed by atoms with E-state index in [0.717, 1.165) is 12.5 Å². The number of carbonyl (C=O) groups excluding carboxylic acids is 2. The summed E-state index contributed by atoms with van der Waals surface area (Å²) in [6, 6.07) is 8.75. The lowest BCUT2D eigenvalue weighted by molar-refractivity contribution is -0.121. The van der Waals surface area contributed by atoms with Crippen molar-refractivity contribution >= 4 is 34.3 Å². The molecule has 0 bridgehead atoms. The van der Waals surface area contributed by atoms with E-state index >= 15 is 0 Å². The van der Waals surface area contributed by atoms with Crippen molar-refractivity contribution in [1.29, 1.82) is 0 Å². The monoisotopic (exact) mass is 416 g/mol. The second-order valence-corrected chi connectivity index (χ2v) is 7.52. The molecule has 0 saturated carbocycles. The molecule has 0 saturated heterocycles. The quantitative estimate of drug-likeness (QED) is 0.638. The van der Waals surface area contributed by atoms with Crippen LogP contribution >= 0.6 is 11.6 Å². The number of hydrogen-bond acceptors (Lipinski definition) is 3. The molecule has 0 aliphatic heterocycles. The number of carbonyl (C=O) groups is 2. The van der Waals surface area contributed by atoms with Gasteiger partial charge in [-0.3, -0.25) is 14.2 Å². The fourth-order valence-electron chi connectivity index (χ4n) is 3.28. The van der Waals surface area contributed by atoms with Gasteiger partial charge < -0.3 is 10.4 Å². The highest BCUT2D eigenvalue weighted by Crippen LogP contribution is 2.32. The lowest BCUT2D eigenvalue weighted by atomic mass is 10.1. The normalized spacial score (nSPS) is 12.2. The van der Waals surface area contributed by atoms with Crippen LogP contribution in [0.3, 0.4) is 0 Å². The van der Waals surface area contributed by atoms with Gasteiger partial charge in [-0.15, -0.1) is 0 Å². The predicted octanol–water partition coefficient (Wildman–Crippen LogP) is 4.59. The van der Waals surface area contributed by atoms with Gasteiger partial charge in [0.1, 0.15) is 0 Å². The third-order valence-electron chi connectivity index (χ3n) is 5.05. The van der Waals surface area contributed by atoms with Gasteiger partial charge in [0.05, 0.1) is 11.9 Å². The molecule has 0 fully saturated rings. The SMILES string of the molecule is CC[C@H](C)NC(=O)Cc1c(C)n(C(=O)c2ccc(Cl)cc2)c2cc(F)c(O)cc12. The number of nitrogens with zero attached hydrogens (tertiary/aromatic N) is 1. The molecule has 7 heteroatoms. The number of phenolic OH excluding ortho intramolecular Hbond substituents is 1. The van der Waals surface area contributed by atoms with Crippen molar-refractivity contribution < 1.29 is 19.1 Å². The Kier molecular flexibility index (Phi) is 5.94. The highest BCUT2D eigenvalue weighted by Gasteiger charge is 2.23. The molecule has 1 amide bonds. The number of fused-ring (bicyclic) bond motifs is 1. The standard InChI is InChI=1S/C22H22ClFN2O3/c1-4-12(2)25-21(28)10-16-13(3)26(19-11-18(24)20(27)9-17(16)19)22(29)14-5-7-15(23)8-6-14/h5-9,11-12,27H,4,10H2,1-3H3,(H,25,28)/t12-/m0/s1. The third-order valence-corrected chi connectivity index (χ3v) is 5.31. The smallest absolute Gasteiger partial charge is 0.262 e. The van der Waals surface area contributed by atoms with E-state index in [1.807, 2.05) is 13.8 Å². The van der Waals surface area contributed by atoms with Crippen LogP contribution in [0.15, 0.2) is 36.4 Å². The minimum absolute atomic E-state index is 0.0118. The van der Waals surface area contributed by atoms with Gasteiger partial charge in [-0.05, 0) is 56.2 Å². The summed E-state index contributed by atoms with van der Waals surface area (Å²) in [5.41, 5.74) is 1.75. The molecule has 1 heterocycles. The van der Waals surface area contributed by atoms with E-state index in [1.165, 1.54) is 10.6 Å². The third kappa shape index (κ3) is 4.12. The first-order chi connectivity index (χ1) is 13.7. The Bertz CT molecular complexity index is 1090. The first-order valence-corrected chi connectivity index (χ1v) is 9.72. The second-order valence-electron chi connectivity index (χ2n) is 7.09. The Morgan fingerprint density at radius 1 is 1.24 bits per heavy atom. The van der Waals surface area contributed by atoms with Crippen molar-refractivity contribution in [2.45, 2.75) is 39.7 Å². The Morgan fingerprint density at radius 2 is 1.90 bits per heavy atom. The molecule has 29 heavy (non-hydrogen) atoms. The molecule has 1 aromatic heterocycles. The number of amides is 1. The number of rotatable bonds is 5. The minimum atomic E-state index is -0.837. The number of aromatic nitrogens is 1. The zero-order chi connectivity index (χ0) is 21.3. The molecular weight excluding hydrogens is 395 g/mol. The van der Waals surface area contributed by atoms with Crippen LogP contribution in [0.5, 0.6) is 5.75 Å². The van der Waals surface area contributed by atoms with Crippen molar-refractivity contribution in [2.75, 3.05) is 0 Å². The molecule has 2 aromatic carbocycles. The van der Waals surface area contributed by atoms with Crippen LogP contribution in [0.4, 0.5) is 4.39 Å². The Hall–Kier alpha value is -2.86. The van der Waals surface area contributed by atoms with Gasteiger partial charge in [-0.2, -0.15) is 0 Å². The summed E-state index contributed by atoms with van der Waals surface area (Å²) in [6.45, 7) is 5.57. The number of nitrogens with one attached hydrogen (secondary N) is 1. The number of aromatic hydroxyl groups is 1. The number of hydrogen-bond donors (Lipinski definition) is 2. The lowest BCUT2D eigenvalue weighted by Crippen LogP contribution is -2.33. The van der Waals surface area contributed by atoms with Crippen molar-refractivity contribution in [3.63, 3.8) is 0 Å². The maximum Gasteiger partial charge on any atom is 0.262 e. The molecule has 5 nitrogen and oxygen atoms in total. The van der Waals surface area contributed by atoms with Crippen LogP contribution in [-0.4, -0.2) is 27.5 Å². The van der Waals surface area contributed by atoms with E-state index in [2.05, 4.69) is 5.32 Å². The molecule has 3 rings (SSSR count). The first-order valence-electron chi connectivity index (χ1n) is 9.35. The summed E-state index contributed by atoms with van der Waals surface area (Å²) in [6.07, 6.45) is 0.798. The van der Waals surface area contributed by atoms with Gasteiger partial charge in [0.15, 0.2) is 11.6 Å². The highest BCUT2D eigenvalue weighted by molar-refractivity contribution is 6.30. The molecule has 0 spiro atoms.